The number of aromatic nitrogens is 3. The number of hydrogen-bond acceptors (Lipinski definition) is 4. The second-order valence-electron chi connectivity index (χ2n) is 5.10. The van der Waals surface area contributed by atoms with E-state index in [2.05, 4.69) is 29.1 Å². The second-order valence-corrected chi connectivity index (χ2v) is 5.10. The topological polar surface area (TPSA) is 54.2 Å². The number of hydrogen-bond donors (Lipinski definition) is 1. The number of aryl methyl sites for hydroxylation is 1. The zero-order valence-corrected chi connectivity index (χ0v) is 10.9. The number of nitrogens with zero attached hydrogens (tertiary/aromatic N) is 4. The van der Waals surface area contributed by atoms with Gasteiger partial charge in [0.1, 0.15) is 5.60 Å². The van der Waals surface area contributed by atoms with Gasteiger partial charge in [-0.25, -0.2) is 4.68 Å². The Morgan fingerprint density at radius 2 is 2.06 bits per heavy atom. The van der Waals surface area contributed by atoms with Gasteiger partial charge in [0, 0.05) is 25.7 Å². The van der Waals surface area contributed by atoms with E-state index in [9.17, 15) is 5.11 Å². The van der Waals surface area contributed by atoms with E-state index in [-0.39, 0.29) is 0 Å². The van der Waals surface area contributed by atoms with E-state index in [1.54, 1.807) is 10.9 Å². The zero-order valence-electron chi connectivity index (χ0n) is 10.9. The van der Waals surface area contributed by atoms with Crippen LogP contribution in [0.3, 0.4) is 0 Å². The summed E-state index contributed by atoms with van der Waals surface area (Å²) in [4.78, 5) is 2.40. The molecule has 96 valence electrons. The maximum Gasteiger partial charge on any atom is 0.110 e. The Labute approximate surface area is 102 Å². The fourth-order valence-corrected chi connectivity index (χ4v) is 2.52. The highest BCUT2D eigenvalue weighted by molar-refractivity contribution is 5.10. The highest BCUT2D eigenvalue weighted by atomic mass is 16.3. The van der Waals surface area contributed by atoms with Gasteiger partial charge in [-0.2, -0.15) is 0 Å². The Kier molecular flexibility index (Phi) is 3.49. The molecule has 5 nitrogen and oxygen atoms in total. The molecule has 0 aliphatic carbocycles. The average Bonchev–Trinajstić information content (AvgIpc) is 2.78. The van der Waals surface area contributed by atoms with E-state index in [1.807, 2.05) is 6.92 Å². The van der Waals surface area contributed by atoms with Gasteiger partial charge in [-0.15, -0.1) is 5.10 Å². The normalized spacial score (nSPS) is 21.0. The molecule has 2 heterocycles. The van der Waals surface area contributed by atoms with Crippen LogP contribution in [0.5, 0.6) is 0 Å². The van der Waals surface area contributed by atoms with Crippen molar-refractivity contribution in [2.75, 3.05) is 13.1 Å². The molecule has 17 heavy (non-hydrogen) atoms. The van der Waals surface area contributed by atoms with Crippen LogP contribution in [0.15, 0.2) is 6.20 Å². The number of piperidine rings is 1. The maximum absolute atomic E-state index is 10.7. The van der Waals surface area contributed by atoms with Crippen LogP contribution in [-0.2, 0) is 12.1 Å². The van der Waals surface area contributed by atoms with E-state index < -0.39 is 5.60 Å². The molecule has 1 N–H and O–H groups in total. The molecule has 1 saturated heterocycles. The van der Waals surface area contributed by atoms with Gasteiger partial charge in [-0.05, 0) is 33.6 Å². The molecule has 0 amide bonds. The molecule has 0 radical (unpaired) electrons. The van der Waals surface area contributed by atoms with Gasteiger partial charge in [0.05, 0.1) is 11.9 Å². The van der Waals surface area contributed by atoms with E-state index in [0.29, 0.717) is 6.04 Å². The molecule has 1 fully saturated rings. The van der Waals surface area contributed by atoms with Gasteiger partial charge in [-0.3, -0.25) is 0 Å². The molecule has 0 spiro atoms. The summed E-state index contributed by atoms with van der Waals surface area (Å²) in [7, 11) is 0. The van der Waals surface area contributed by atoms with Gasteiger partial charge < -0.3 is 10.0 Å². The lowest BCUT2D eigenvalue weighted by Crippen LogP contribution is -2.46. The minimum Gasteiger partial charge on any atom is -0.383 e. The summed E-state index contributed by atoms with van der Waals surface area (Å²) in [6.07, 6.45) is 3.23. The van der Waals surface area contributed by atoms with Crippen molar-refractivity contribution in [3.8, 4) is 0 Å². The summed E-state index contributed by atoms with van der Waals surface area (Å²) in [5.41, 5.74) is 0.119. The molecule has 0 atom stereocenters. The van der Waals surface area contributed by atoms with E-state index >= 15 is 0 Å². The Bertz CT molecular complexity index is 366. The molecule has 1 aromatic heterocycles. The second kappa shape index (κ2) is 4.74. The summed E-state index contributed by atoms with van der Waals surface area (Å²) in [5, 5.41) is 18.6. The van der Waals surface area contributed by atoms with Crippen molar-refractivity contribution in [2.45, 2.75) is 51.8 Å². The predicted octanol–water partition coefficient (Wildman–Crippen LogP) is 0.990. The average molecular weight is 238 g/mol. The van der Waals surface area contributed by atoms with Gasteiger partial charge in [0.2, 0.25) is 0 Å². The molecular weight excluding hydrogens is 216 g/mol. The lowest BCUT2D eigenvalue weighted by Gasteiger charge is -2.39. The quantitative estimate of drug-likeness (QED) is 0.853. The van der Waals surface area contributed by atoms with Crippen LogP contribution < -0.4 is 0 Å². The maximum atomic E-state index is 10.7. The van der Waals surface area contributed by atoms with Crippen LogP contribution in [0.4, 0.5) is 0 Å². The summed E-state index contributed by atoms with van der Waals surface area (Å²) < 4.78 is 1.80. The van der Waals surface area contributed by atoms with Crippen LogP contribution in [0.1, 0.15) is 39.3 Å². The molecule has 1 aromatic rings. The molecule has 5 heteroatoms. The van der Waals surface area contributed by atoms with Crippen molar-refractivity contribution in [1.29, 1.82) is 0 Å². The van der Waals surface area contributed by atoms with Gasteiger partial charge in [0.25, 0.3) is 0 Å². The third kappa shape index (κ3) is 2.35. The molecule has 1 aliphatic rings. The Balaban J connectivity index is 2.12. The van der Waals surface area contributed by atoms with E-state index in [0.717, 1.165) is 38.2 Å². The Morgan fingerprint density at radius 1 is 1.41 bits per heavy atom. The first kappa shape index (κ1) is 12.5. The van der Waals surface area contributed by atoms with E-state index in [4.69, 9.17) is 0 Å². The zero-order chi connectivity index (χ0) is 12.5. The van der Waals surface area contributed by atoms with Gasteiger partial charge >= 0.3 is 0 Å². The van der Waals surface area contributed by atoms with Crippen molar-refractivity contribution in [3.63, 3.8) is 0 Å². The first-order valence-corrected chi connectivity index (χ1v) is 6.42. The standard InChI is InChI=1S/C12H22N4O/c1-4-16-11(9-13-14-16)12(17)5-7-15(8-6-12)10(2)3/h9-10,17H,4-8H2,1-3H3. The van der Waals surface area contributed by atoms with Crippen molar-refractivity contribution < 1.29 is 5.11 Å². The van der Waals surface area contributed by atoms with Crippen LogP contribution in [0.25, 0.3) is 0 Å². The van der Waals surface area contributed by atoms with Gasteiger partial charge in [-0.1, -0.05) is 5.21 Å². The smallest absolute Gasteiger partial charge is 0.110 e. The van der Waals surface area contributed by atoms with Crippen LogP contribution in [0, 0.1) is 0 Å². The van der Waals surface area contributed by atoms with Crippen LogP contribution >= 0.6 is 0 Å². The van der Waals surface area contributed by atoms with Gasteiger partial charge in [0.15, 0.2) is 0 Å². The summed E-state index contributed by atoms with van der Waals surface area (Å²) >= 11 is 0. The fourth-order valence-electron chi connectivity index (χ4n) is 2.52. The molecule has 0 unspecified atom stereocenters. The largest absolute Gasteiger partial charge is 0.383 e. The van der Waals surface area contributed by atoms with Crippen molar-refractivity contribution in [3.05, 3.63) is 11.9 Å². The molecule has 0 saturated carbocycles. The predicted molar refractivity (Wildman–Crippen MR) is 65.5 cm³/mol. The minimum absolute atomic E-state index is 0.550. The van der Waals surface area contributed by atoms with Crippen molar-refractivity contribution in [2.24, 2.45) is 0 Å². The Hall–Kier alpha value is -0.940. The fraction of sp³-hybridized carbons (Fsp3) is 0.833. The minimum atomic E-state index is -0.745. The number of aliphatic hydroxyl groups is 1. The molecule has 2 rings (SSSR count). The molecule has 0 bridgehead atoms. The summed E-state index contributed by atoms with van der Waals surface area (Å²) in [6, 6.07) is 0.550. The van der Waals surface area contributed by atoms with Crippen molar-refractivity contribution in [1.82, 2.24) is 19.9 Å². The number of likely N-dealkylation sites (tertiary alicyclic amines) is 1. The third-order valence-corrected chi connectivity index (χ3v) is 3.75. The van der Waals surface area contributed by atoms with Crippen molar-refractivity contribution >= 4 is 0 Å². The van der Waals surface area contributed by atoms with Crippen LogP contribution in [0.2, 0.25) is 0 Å². The first-order chi connectivity index (χ1) is 8.07. The highest BCUT2D eigenvalue weighted by Crippen LogP contribution is 2.32. The third-order valence-electron chi connectivity index (χ3n) is 3.75. The summed E-state index contributed by atoms with van der Waals surface area (Å²) in [5.74, 6) is 0. The molecular formula is C12H22N4O. The monoisotopic (exact) mass is 238 g/mol. The molecule has 1 aliphatic heterocycles. The van der Waals surface area contributed by atoms with E-state index in [1.165, 1.54) is 0 Å². The SMILES string of the molecule is CCn1nncc1C1(O)CCN(C(C)C)CC1. The van der Waals surface area contributed by atoms with Crippen LogP contribution in [-0.4, -0.2) is 44.1 Å². The molecule has 0 aromatic carbocycles. The lowest BCUT2D eigenvalue weighted by molar-refractivity contribution is -0.0387. The number of rotatable bonds is 3. The Morgan fingerprint density at radius 3 is 2.59 bits per heavy atom. The summed E-state index contributed by atoms with van der Waals surface area (Å²) in [6.45, 7) is 9.03. The highest BCUT2D eigenvalue weighted by Gasteiger charge is 2.37. The first-order valence-electron chi connectivity index (χ1n) is 6.42. The lowest BCUT2D eigenvalue weighted by atomic mass is 9.88.